The minimum Gasteiger partial charge on any atom is -0.466 e. The van der Waals surface area contributed by atoms with Crippen molar-refractivity contribution in [3.8, 4) is 0 Å². The Hall–Kier alpha value is -4.00. The minimum absolute atomic E-state index is 0.128. The van der Waals surface area contributed by atoms with Gasteiger partial charge in [-0.1, -0.05) is 24.3 Å². The van der Waals surface area contributed by atoms with Crippen molar-refractivity contribution >= 4 is 23.4 Å². The Kier molecular flexibility index (Phi) is 7.88. The van der Waals surface area contributed by atoms with Gasteiger partial charge in [-0.25, -0.2) is 0 Å². The second kappa shape index (κ2) is 11.4. The van der Waals surface area contributed by atoms with Gasteiger partial charge in [-0.2, -0.15) is 0 Å². The summed E-state index contributed by atoms with van der Waals surface area (Å²) < 4.78 is 5.09. The molecule has 3 aromatic rings. The normalized spacial score (nSPS) is 15.2. The third-order valence-electron chi connectivity index (χ3n) is 6.14. The third kappa shape index (κ3) is 6.53. The van der Waals surface area contributed by atoms with Crippen molar-refractivity contribution in [1.82, 2.24) is 4.98 Å². The maximum absolute atomic E-state index is 12.8. The van der Waals surface area contributed by atoms with Crippen LogP contribution in [0.5, 0.6) is 0 Å². The number of aromatic nitrogens is 1. The van der Waals surface area contributed by atoms with E-state index >= 15 is 0 Å². The number of rotatable bonds is 8. The molecule has 0 saturated carbocycles. The first kappa shape index (κ1) is 24.1. The van der Waals surface area contributed by atoms with Gasteiger partial charge in [0.2, 0.25) is 0 Å². The topological polar surface area (TPSA) is 107 Å². The fraction of sp³-hybridized carbons (Fsp3) is 0.286. The summed E-state index contributed by atoms with van der Waals surface area (Å²) in [4.78, 5) is 33.2. The molecule has 1 aliphatic rings. The molecule has 180 valence electrons. The number of benzene rings is 2. The van der Waals surface area contributed by atoms with Gasteiger partial charge in [-0.15, -0.1) is 0 Å². The van der Waals surface area contributed by atoms with Gasteiger partial charge in [0.25, 0.3) is 5.91 Å². The van der Waals surface area contributed by atoms with E-state index in [1.807, 2.05) is 43.3 Å². The number of amides is 1. The number of nitrogens with zero attached hydrogens (tertiary/aromatic N) is 2. The predicted octanol–water partition coefficient (Wildman–Crippen LogP) is 4.30. The number of carbonyl (C=O) groups excluding carboxylic acids is 2. The molecule has 1 amide bonds. The van der Waals surface area contributed by atoms with E-state index in [4.69, 9.17) is 10.5 Å². The van der Waals surface area contributed by atoms with Crippen molar-refractivity contribution in [2.75, 3.05) is 11.9 Å². The molecule has 1 atom stereocenters. The lowest BCUT2D eigenvalue weighted by molar-refractivity contribution is -0.144. The number of nitrogens with one attached hydrogen (secondary N) is 1. The third-order valence-corrected chi connectivity index (χ3v) is 6.14. The highest BCUT2D eigenvalue weighted by atomic mass is 16.5. The molecular formula is C28H30N4O3. The van der Waals surface area contributed by atoms with Crippen LogP contribution in [0, 0.1) is 5.92 Å². The molecule has 0 bridgehead atoms. The van der Waals surface area contributed by atoms with E-state index in [2.05, 4.69) is 15.3 Å². The molecule has 0 radical (unpaired) electrons. The van der Waals surface area contributed by atoms with Crippen LogP contribution in [0.4, 0.5) is 5.69 Å². The molecule has 1 unspecified atom stereocenters. The zero-order valence-corrected chi connectivity index (χ0v) is 19.9. The summed E-state index contributed by atoms with van der Waals surface area (Å²) in [5.41, 5.74) is 11.4. The Morgan fingerprint density at radius 3 is 2.63 bits per heavy atom. The van der Waals surface area contributed by atoms with Crippen molar-refractivity contribution < 1.29 is 14.3 Å². The van der Waals surface area contributed by atoms with Crippen LogP contribution in [0.15, 0.2) is 71.9 Å². The molecule has 7 heteroatoms. The molecule has 0 saturated heterocycles. The molecule has 2 aromatic carbocycles. The van der Waals surface area contributed by atoms with E-state index in [-0.39, 0.29) is 11.9 Å². The highest BCUT2D eigenvalue weighted by molar-refractivity contribution is 6.05. The molecule has 0 aliphatic heterocycles. The van der Waals surface area contributed by atoms with Crippen LogP contribution in [0.25, 0.3) is 0 Å². The number of anilines is 1. The van der Waals surface area contributed by atoms with Crippen LogP contribution in [0.1, 0.15) is 52.5 Å². The standard InChI is InChI=1S/C28H30N4O3/c1-2-35-26(33)16-19-6-7-23-17-24(13-12-22(23)15-19)32-28(34)21-10-8-20(9-11-21)27(29)31-18-25-5-3-4-14-30-25/h3-5,8-14,17,19H,2,6-7,15-16,18H2,1H3,(H2,29,31)(H,32,34). The van der Waals surface area contributed by atoms with Crippen molar-refractivity contribution in [1.29, 1.82) is 0 Å². The smallest absolute Gasteiger partial charge is 0.306 e. The molecule has 0 spiro atoms. The van der Waals surface area contributed by atoms with Crippen molar-refractivity contribution in [3.63, 3.8) is 0 Å². The van der Waals surface area contributed by atoms with E-state index in [0.29, 0.717) is 36.9 Å². The summed E-state index contributed by atoms with van der Waals surface area (Å²) >= 11 is 0. The van der Waals surface area contributed by atoms with Crippen LogP contribution in [-0.2, 0) is 28.9 Å². The Labute approximate surface area is 205 Å². The molecule has 0 fully saturated rings. The number of amidine groups is 1. The van der Waals surface area contributed by atoms with Gasteiger partial charge in [0.15, 0.2) is 0 Å². The minimum atomic E-state index is -0.184. The Bertz CT molecular complexity index is 1210. The zero-order chi connectivity index (χ0) is 24.6. The number of nitrogens with two attached hydrogens (primary N) is 1. The molecule has 1 heterocycles. The van der Waals surface area contributed by atoms with Crippen LogP contribution in [-0.4, -0.2) is 29.3 Å². The largest absolute Gasteiger partial charge is 0.466 e. The molecule has 35 heavy (non-hydrogen) atoms. The van der Waals surface area contributed by atoms with Crippen molar-refractivity contribution in [2.24, 2.45) is 16.6 Å². The highest BCUT2D eigenvalue weighted by Crippen LogP contribution is 2.30. The Morgan fingerprint density at radius 2 is 1.89 bits per heavy atom. The molecule has 1 aliphatic carbocycles. The highest BCUT2D eigenvalue weighted by Gasteiger charge is 2.22. The number of aliphatic imine (C=N–C) groups is 1. The summed E-state index contributed by atoms with van der Waals surface area (Å²) in [6.45, 7) is 2.64. The number of ether oxygens (including phenoxy) is 1. The lowest BCUT2D eigenvalue weighted by Crippen LogP contribution is -2.19. The zero-order valence-electron chi connectivity index (χ0n) is 19.9. The van der Waals surface area contributed by atoms with Gasteiger partial charge < -0.3 is 15.8 Å². The maximum atomic E-state index is 12.8. The SMILES string of the molecule is CCOC(=O)CC1CCc2cc(NC(=O)c3ccc(C(N)=NCc4ccccn4)cc3)ccc2C1. The number of esters is 1. The number of pyridine rings is 1. The lowest BCUT2D eigenvalue weighted by atomic mass is 9.82. The summed E-state index contributed by atoms with van der Waals surface area (Å²) in [6.07, 6.45) is 4.86. The van der Waals surface area contributed by atoms with Gasteiger partial charge in [0.05, 0.1) is 18.8 Å². The van der Waals surface area contributed by atoms with Crippen LogP contribution < -0.4 is 11.1 Å². The first-order valence-corrected chi connectivity index (χ1v) is 11.9. The van der Waals surface area contributed by atoms with E-state index in [9.17, 15) is 9.59 Å². The maximum Gasteiger partial charge on any atom is 0.306 e. The summed E-state index contributed by atoms with van der Waals surface area (Å²) in [7, 11) is 0. The summed E-state index contributed by atoms with van der Waals surface area (Å²) in [6, 6.07) is 18.7. The van der Waals surface area contributed by atoms with Crippen molar-refractivity contribution in [2.45, 2.75) is 39.2 Å². The lowest BCUT2D eigenvalue weighted by Gasteiger charge is -2.24. The van der Waals surface area contributed by atoms with E-state index in [0.717, 1.165) is 36.2 Å². The van der Waals surface area contributed by atoms with Gasteiger partial charge in [0, 0.05) is 29.4 Å². The summed E-state index contributed by atoms with van der Waals surface area (Å²) in [5, 5.41) is 2.98. The number of carbonyl (C=O) groups is 2. The first-order valence-electron chi connectivity index (χ1n) is 11.9. The second-order valence-electron chi connectivity index (χ2n) is 8.66. The predicted molar refractivity (Wildman–Crippen MR) is 136 cm³/mol. The van der Waals surface area contributed by atoms with Gasteiger partial charge in [-0.3, -0.25) is 19.6 Å². The number of hydrogen-bond donors (Lipinski definition) is 2. The molecule has 3 N–H and O–H groups in total. The fourth-order valence-electron chi connectivity index (χ4n) is 4.28. The molecule has 1 aromatic heterocycles. The summed E-state index contributed by atoms with van der Waals surface area (Å²) in [5.74, 6) is 0.396. The van der Waals surface area contributed by atoms with Gasteiger partial charge in [-0.05, 0) is 79.6 Å². The van der Waals surface area contributed by atoms with Gasteiger partial charge >= 0.3 is 5.97 Å². The first-order chi connectivity index (χ1) is 17.0. The Morgan fingerprint density at radius 1 is 1.09 bits per heavy atom. The van der Waals surface area contributed by atoms with Crippen LogP contribution >= 0.6 is 0 Å². The average molecular weight is 471 g/mol. The quantitative estimate of drug-likeness (QED) is 0.290. The molecule has 7 nitrogen and oxygen atoms in total. The monoisotopic (exact) mass is 470 g/mol. The Balaban J connectivity index is 1.35. The molecular weight excluding hydrogens is 440 g/mol. The van der Waals surface area contributed by atoms with E-state index in [1.54, 1.807) is 30.5 Å². The number of hydrogen-bond acceptors (Lipinski definition) is 5. The average Bonchev–Trinajstić information content (AvgIpc) is 2.88. The molecule has 4 rings (SSSR count). The van der Waals surface area contributed by atoms with E-state index in [1.165, 1.54) is 11.1 Å². The van der Waals surface area contributed by atoms with Crippen LogP contribution in [0.2, 0.25) is 0 Å². The van der Waals surface area contributed by atoms with Crippen molar-refractivity contribution in [3.05, 3.63) is 94.8 Å². The van der Waals surface area contributed by atoms with E-state index < -0.39 is 0 Å². The number of fused-ring (bicyclic) bond motifs is 1. The van der Waals surface area contributed by atoms with Gasteiger partial charge in [0.1, 0.15) is 5.84 Å². The second-order valence-corrected chi connectivity index (χ2v) is 8.66. The fourth-order valence-corrected chi connectivity index (χ4v) is 4.28. The number of aryl methyl sites for hydroxylation is 1. The van der Waals surface area contributed by atoms with Crippen LogP contribution in [0.3, 0.4) is 0 Å².